The smallest absolute Gasteiger partial charge is 0.143 e. The summed E-state index contributed by atoms with van der Waals surface area (Å²) >= 11 is 0. The first-order valence-electron chi connectivity index (χ1n) is 13.0. The van der Waals surface area contributed by atoms with E-state index in [2.05, 4.69) is 132 Å². The lowest BCUT2D eigenvalue weighted by Crippen LogP contribution is -1.95. The molecule has 0 spiro atoms. The first-order valence-corrected chi connectivity index (χ1v) is 13.0. The molecule has 38 heavy (non-hydrogen) atoms. The zero-order chi connectivity index (χ0) is 25.1. The van der Waals surface area contributed by atoms with Crippen molar-refractivity contribution in [3.8, 4) is 27.9 Å². The quantitative estimate of drug-likeness (QED) is 0.243. The van der Waals surface area contributed by atoms with E-state index < -0.39 is 0 Å². The van der Waals surface area contributed by atoms with Crippen LogP contribution in [0, 0.1) is 0 Å². The summed E-state index contributed by atoms with van der Waals surface area (Å²) in [4.78, 5) is 0. The molecule has 8 aromatic rings. The van der Waals surface area contributed by atoms with Crippen molar-refractivity contribution in [3.63, 3.8) is 0 Å². The molecule has 178 valence electrons. The van der Waals surface area contributed by atoms with Gasteiger partial charge in [-0.2, -0.15) is 0 Å². The molecule has 0 aliphatic heterocycles. The van der Waals surface area contributed by atoms with Crippen LogP contribution in [0.15, 0.2) is 144 Å². The van der Waals surface area contributed by atoms with Crippen LogP contribution in [-0.4, -0.2) is 4.57 Å². The minimum atomic E-state index is 0.923. The van der Waals surface area contributed by atoms with Crippen LogP contribution in [-0.2, 0) is 0 Å². The molecule has 0 saturated heterocycles. The average molecular weight is 486 g/mol. The molecule has 6 aromatic carbocycles. The van der Waals surface area contributed by atoms with Crippen molar-refractivity contribution in [2.24, 2.45) is 0 Å². The van der Waals surface area contributed by atoms with E-state index in [9.17, 15) is 0 Å². The van der Waals surface area contributed by atoms with Crippen LogP contribution in [0.25, 0.3) is 71.7 Å². The van der Waals surface area contributed by atoms with Crippen LogP contribution in [0.4, 0.5) is 0 Å². The maximum atomic E-state index is 6.31. The lowest BCUT2D eigenvalue weighted by Gasteiger charge is -2.12. The standard InChI is InChI=1S/C36H23NO/c1-2-10-26(11-3-1)37-33-18-6-4-12-29(33)31-16-8-14-27(35(31)37)24-20-22-25(23-21-24)28-15-9-17-32-30-13-5-7-19-34(30)38-36(28)32/h1-23H. The Bertz CT molecular complexity index is 2110. The van der Waals surface area contributed by atoms with E-state index in [1.165, 1.54) is 38.6 Å². The second-order valence-corrected chi connectivity index (χ2v) is 9.75. The molecular weight excluding hydrogens is 462 g/mol. The molecule has 2 aromatic heterocycles. The highest BCUT2D eigenvalue weighted by molar-refractivity contribution is 6.14. The predicted octanol–water partition coefficient (Wildman–Crippen LogP) is 10.0. The van der Waals surface area contributed by atoms with Gasteiger partial charge in [0.1, 0.15) is 11.2 Å². The number of hydrogen-bond acceptors (Lipinski definition) is 1. The summed E-state index contributed by atoms with van der Waals surface area (Å²) in [6.45, 7) is 0. The van der Waals surface area contributed by atoms with E-state index in [-0.39, 0.29) is 0 Å². The molecule has 8 rings (SSSR count). The molecule has 0 bridgehead atoms. The summed E-state index contributed by atoms with van der Waals surface area (Å²) in [6.07, 6.45) is 0. The summed E-state index contributed by atoms with van der Waals surface area (Å²) < 4.78 is 8.70. The van der Waals surface area contributed by atoms with Gasteiger partial charge < -0.3 is 8.98 Å². The fourth-order valence-electron chi connectivity index (χ4n) is 5.90. The topological polar surface area (TPSA) is 18.1 Å². The van der Waals surface area contributed by atoms with Crippen molar-refractivity contribution in [2.45, 2.75) is 0 Å². The summed E-state index contributed by atoms with van der Waals surface area (Å²) in [7, 11) is 0. The van der Waals surface area contributed by atoms with Crippen molar-refractivity contribution in [2.75, 3.05) is 0 Å². The summed E-state index contributed by atoms with van der Waals surface area (Å²) in [5.74, 6) is 0. The molecule has 0 amide bonds. The summed E-state index contributed by atoms with van der Waals surface area (Å²) in [5.41, 5.74) is 10.1. The fraction of sp³-hybridized carbons (Fsp3) is 0. The number of nitrogens with zero attached hydrogens (tertiary/aromatic N) is 1. The van der Waals surface area contributed by atoms with Gasteiger partial charge in [-0.05, 0) is 35.4 Å². The van der Waals surface area contributed by atoms with Crippen molar-refractivity contribution >= 4 is 43.7 Å². The van der Waals surface area contributed by atoms with Crippen LogP contribution in [0.2, 0.25) is 0 Å². The zero-order valence-electron chi connectivity index (χ0n) is 20.6. The van der Waals surface area contributed by atoms with Crippen LogP contribution in [0.1, 0.15) is 0 Å². The third-order valence-corrected chi connectivity index (χ3v) is 7.62. The van der Waals surface area contributed by atoms with E-state index in [1.807, 2.05) is 12.1 Å². The lowest BCUT2D eigenvalue weighted by molar-refractivity contribution is 0.670. The van der Waals surface area contributed by atoms with Gasteiger partial charge in [0.05, 0.1) is 11.0 Å². The van der Waals surface area contributed by atoms with Gasteiger partial charge in [0.15, 0.2) is 0 Å². The third kappa shape index (κ3) is 3.07. The van der Waals surface area contributed by atoms with Crippen LogP contribution in [0.5, 0.6) is 0 Å². The van der Waals surface area contributed by atoms with Crippen LogP contribution in [0.3, 0.4) is 0 Å². The highest BCUT2D eigenvalue weighted by atomic mass is 16.3. The number of rotatable bonds is 3. The number of aromatic nitrogens is 1. The van der Waals surface area contributed by atoms with Gasteiger partial charge >= 0.3 is 0 Å². The molecular formula is C36H23NO. The molecule has 0 unspecified atom stereocenters. The molecule has 2 nitrogen and oxygen atoms in total. The molecule has 2 heterocycles. The second kappa shape index (κ2) is 8.22. The molecule has 0 aliphatic carbocycles. The third-order valence-electron chi connectivity index (χ3n) is 7.62. The van der Waals surface area contributed by atoms with Crippen LogP contribution >= 0.6 is 0 Å². The van der Waals surface area contributed by atoms with E-state index >= 15 is 0 Å². The highest BCUT2D eigenvalue weighted by Crippen LogP contribution is 2.40. The molecule has 0 fully saturated rings. The highest BCUT2D eigenvalue weighted by Gasteiger charge is 2.17. The predicted molar refractivity (Wildman–Crippen MR) is 159 cm³/mol. The van der Waals surface area contributed by atoms with E-state index in [0.717, 1.165) is 33.1 Å². The maximum Gasteiger partial charge on any atom is 0.143 e. The minimum absolute atomic E-state index is 0.923. The van der Waals surface area contributed by atoms with Gasteiger partial charge in [0, 0.05) is 38.4 Å². The normalized spacial score (nSPS) is 11.7. The number of furan rings is 1. The van der Waals surface area contributed by atoms with Crippen LogP contribution < -0.4 is 0 Å². The van der Waals surface area contributed by atoms with Gasteiger partial charge in [-0.15, -0.1) is 0 Å². The van der Waals surface area contributed by atoms with Gasteiger partial charge in [-0.25, -0.2) is 0 Å². The monoisotopic (exact) mass is 485 g/mol. The lowest BCUT2D eigenvalue weighted by atomic mass is 9.97. The Kier molecular flexibility index (Phi) is 4.55. The summed E-state index contributed by atoms with van der Waals surface area (Å²) in [6, 6.07) is 49.5. The maximum absolute atomic E-state index is 6.31. The Morgan fingerprint density at radius 3 is 1.84 bits per heavy atom. The Morgan fingerprint density at radius 1 is 0.421 bits per heavy atom. The van der Waals surface area contributed by atoms with Crippen molar-refractivity contribution in [3.05, 3.63) is 140 Å². The van der Waals surface area contributed by atoms with Gasteiger partial charge in [0.25, 0.3) is 0 Å². The summed E-state index contributed by atoms with van der Waals surface area (Å²) in [5, 5.41) is 4.83. The fourth-order valence-corrected chi connectivity index (χ4v) is 5.90. The molecule has 0 N–H and O–H groups in total. The Morgan fingerprint density at radius 2 is 1.03 bits per heavy atom. The van der Waals surface area contributed by atoms with Crippen molar-refractivity contribution in [1.29, 1.82) is 0 Å². The average Bonchev–Trinajstić information content (AvgIpc) is 3.54. The Hall–Kier alpha value is -5.08. The SMILES string of the molecule is c1ccc(-n2c3ccccc3c3cccc(-c4ccc(-c5cccc6c5oc5ccccc56)cc4)c32)cc1. The molecule has 0 saturated carbocycles. The second-order valence-electron chi connectivity index (χ2n) is 9.75. The Labute approximate surface area is 220 Å². The molecule has 0 atom stereocenters. The zero-order valence-corrected chi connectivity index (χ0v) is 20.6. The largest absolute Gasteiger partial charge is 0.455 e. The molecule has 2 heteroatoms. The van der Waals surface area contributed by atoms with E-state index in [0.29, 0.717) is 0 Å². The van der Waals surface area contributed by atoms with Gasteiger partial charge in [-0.3, -0.25) is 0 Å². The van der Waals surface area contributed by atoms with E-state index in [4.69, 9.17) is 4.42 Å². The van der Waals surface area contributed by atoms with Gasteiger partial charge in [0.2, 0.25) is 0 Å². The first-order chi connectivity index (χ1) is 18.9. The first kappa shape index (κ1) is 21.0. The Balaban J connectivity index is 1.33. The number of benzene rings is 6. The van der Waals surface area contributed by atoms with E-state index in [1.54, 1.807) is 0 Å². The van der Waals surface area contributed by atoms with Crippen molar-refractivity contribution < 1.29 is 4.42 Å². The number of para-hydroxylation sites is 5. The molecule has 0 radical (unpaired) electrons. The minimum Gasteiger partial charge on any atom is -0.455 e. The van der Waals surface area contributed by atoms with Gasteiger partial charge in [-0.1, -0.05) is 115 Å². The molecule has 0 aliphatic rings. The van der Waals surface area contributed by atoms with Crippen molar-refractivity contribution in [1.82, 2.24) is 4.57 Å². The number of fused-ring (bicyclic) bond motifs is 6. The number of hydrogen-bond donors (Lipinski definition) is 0.